The minimum absolute atomic E-state index is 0.0835. The summed E-state index contributed by atoms with van der Waals surface area (Å²) in [5, 5.41) is 7.79. The van der Waals surface area contributed by atoms with E-state index >= 15 is 0 Å². The van der Waals surface area contributed by atoms with Gasteiger partial charge in [-0.1, -0.05) is 30.6 Å². The molecule has 8 nitrogen and oxygen atoms in total. The number of nitrogens with zero attached hydrogens (tertiary/aromatic N) is 2. The number of rotatable bonds is 8. The smallest absolute Gasteiger partial charge is 0.249 e. The van der Waals surface area contributed by atoms with Crippen LogP contribution in [-0.4, -0.2) is 54.9 Å². The molecular formula is C27H38ClN3O5. The summed E-state index contributed by atoms with van der Waals surface area (Å²) in [4.78, 5) is 15.5. The fourth-order valence-electron chi connectivity index (χ4n) is 4.62. The summed E-state index contributed by atoms with van der Waals surface area (Å²) in [5.41, 5.74) is 0.920. The molecule has 1 aromatic carbocycles. The van der Waals surface area contributed by atoms with Crippen LogP contribution in [0.25, 0.3) is 0 Å². The maximum absolute atomic E-state index is 13.4. The van der Waals surface area contributed by atoms with Gasteiger partial charge in [0.1, 0.15) is 6.04 Å². The standard InChI is InChI=1S/C27H38ClN3O5/c1-26(2,3)35-20-14-21(31(16-20)19-11-9-18(28)10-12-19)25(32)29-23-15-22(30-36-23)27(4,5)17-34-24-8-6-7-13-33-24/h9-12,15,20-21,24H,6-8,13-14,16-17H2,1-5H3,(H,29,32)/t20-,21+,24?/m1/s1. The first kappa shape index (κ1) is 26.9. The van der Waals surface area contributed by atoms with Gasteiger partial charge in [-0.3, -0.25) is 10.1 Å². The lowest BCUT2D eigenvalue weighted by Crippen LogP contribution is -2.39. The van der Waals surface area contributed by atoms with Crippen LogP contribution in [0.3, 0.4) is 0 Å². The van der Waals surface area contributed by atoms with E-state index in [1.165, 1.54) is 0 Å². The number of amides is 1. The first-order chi connectivity index (χ1) is 17.0. The van der Waals surface area contributed by atoms with Crippen LogP contribution in [0.15, 0.2) is 34.9 Å². The number of hydrogen-bond donors (Lipinski definition) is 1. The summed E-state index contributed by atoms with van der Waals surface area (Å²) in [6, 6.07) is 8.85. The number of aromatic nitrogens is 1. The van der Waals surface area contributed by atoms with E-state index in [-0.39, 0.29) is 23.9 Å². The average molecular weight is 520 g/mol. The highest BCUT2D eigenvalue weighted by Crippen LogP contribution is 2.32. The molecule has 2 fully saturated rings. The van der Waals surface area contributed by atoms with E-state index in [2.05, 4.69) is 15.4 Å². The molecule has 4 rings (SSSR count). The molecule has 1 aromatic heterocycles. The van der Waals surface area contributed by atoms with Gasteiger partial charge in [0.05, 0.1) is 24.0 Å². The first-order valence-electron chi connectivity index (χ1n) is 12.7. The molecule has 0 bridgehead atoms. The Labute approximate surface area is 218 Å². The quantitative estimate of drug-likeness (QED) is 0.489. The van der Waals surface area contributed by atoms with Gasteiger partial charge in [0.25, 0.3) is 0 Å². The van der Waals surface area contributed by atoms with Crippen molar-refractivity contribution in [2.24, 2.45) is 0 Å². The van der Waals surface area contributed by atoms with Crippen LogP contribution in [0.2, 0.25) is 5.02 Å². The zero-order chi connectivity index (χ0) is 25.9. The van der Waals surface area contributed by atoms with Crippen LogP contribution in [0.1, 0.15) is 66.0 Å². The van der Waals surface area contributed by atoms with E-state index < -0.39 is 11.5 Å². The van der Waals surface area contributed by atoms with Crippen molar-refractivity contribution in [1.82, 2.24) is 5.16 Å². The molecular weight excluding hydrogens is 482 g/mol. The Morgan fingerprint density at radius 3 is 2.61 bits per heavy atom. The van der Waals surface area contributed by atoms with Gasteiger partial charge in [-0.15, -0.1) is 0 Å². The van der Waals surface area contributed by atoms with Gasteiger partial charge < -0.3 is 23.6 Å². The van der Waals surface area contributed by atoms with Gasteiger partial charge in [0.15, 0.2) is 6.29 Å². The van der Waals surface area contributed by atoms with Crippen LogP contribution in [0.5, 0.6) is 0 Å². The van der Waals surface area contributed by atoms with Crippen molar-refractivity contribution < 1.29 is 23.5 Å². The van der Waals surface area contributed by atoms with Gasteiger partial charge in [0, 0.05) is 41.8 Å². The number of hydrogen-bond acceptors (Lipinski definition) is 7. The first-order valence-corrected chi connectivity index (χ1v) is 13.1. The molecule has 1 unspecified atom stereocenters. The second kappa shape index (κ2) is 11.1. The van der Waals surface area contributed by atoms with Crippen molar-refractivity contribution in [2.75, 3.05) is 30.0 Å². The molecule has 0 radical (unpaired) electrons. The summed E-state index contributed by atoms with van der Waals surface area (Å²) in [6.07, 6.45) is 3.40. The maximum atomic E-state index is 13.4. The number of carbonyl (C=O) groups is 1. The third-order valence-corrected chi connectivity index (χ3v) is 6.71. The highest BCUT2D eigenvalue weighted by atomic mass is 35.5. The Hall–Kier alpha value is -2.13. The van der Waals surface area contributed by atoms with Crippen LogP contribution in [0.4, 0.5) is 11.6 Å². The Bertz CT molecular complexity index is 1010. The number of anilines is 2. The zero-order valence-corrected chi connectivity index (χ0v) is 22.6. The molecule has 1 N–H and O–H groups in total. The van der Waals surface area contributed by atoms with E-state index in [4.69, 9.17) is 30.3 Å². The van der Waals surface area contributed by atoms with Gasteiger partial charge in [-0.25, -0.2) is 0 Å². The molecule has 0 saturated carbocycles. The van der Waals surface area contributed by atoms with Crippen molar-refractivity contribution in [3.8, 4) is 0 Å². The Morgan fingerprint density at radius 1 is 1.19 bits per heavy atom. The lowest BCUT2D eigenvalue weighted by molar-refractivity contribution is -0.170. The minimum Gasteiger partial charge on any atom is -0.371 e. The van der Waals surface area contributed by atoms with Crippen molar-refractivity contribution >= 4 is 29.1 Å². The fraction of sp³-hybridized carbons (Fsp3) is 0.630. The third-order valence-electron chi connectivity index (χ3n) is 6.46. The minimum atomic E-state index is -0.424. The van der Waals surface area contributed by atoms with Crippen molar-refractivity contribution in [2.45, 2.75) is 89.8 Å². The van der Waals surface area contributed by atoms with Gasteiger partial charge in [-0.2, -0.15) is 0 Å². The summed E-state index contributed by atoms with van der Waals surface area (Å²) >= 11 is 6.09. The third kappa shape index (κ3) is 7.00. The number of carbonyl (C=O) groups excluding carboxylic acids is 1. The summed E-state index contributed by atoms with van der Waals surface area (Å²) < 4.78 is 23.4. The van der Waals surface area contributed by atoms with Crippen LogP contribution in [0, 0.1) is 0 Å². The lowest BCUT2D eigenvalue weighted by Gasteiger charge is -2.28. The molecule has 3 heterocycles. The Balaban J connectivity index is 1.42. The highest BCUT2D eigenvalue weighted by molar-refractivity contribution is 6.30. The highest BCUT2D eigenvalue weighted by Gasteiger charge is 2.39. The normalized spacial score (nSPS) is 23.2. The van der Waals surface area contributed by atoms with E-state index in [9.17, 15) is 4.79 Å². The lowest BCUT2D eigenvalue weighted by atomic mass is 9.90. The molecule has 2 aromatic rings. The SMILES string of the molecule is CC(C)(C)O[C@@H]1C[C@@H](C(=O)Nc2cc(C(C)(C)COC3CCCCO3)no2)N(c2ccc(Cl)cc2)C1. The fourth-order valence-corrected chi connectivity index (χ4v) is 4.75. The van der Waals surface area contributed by atoms with E-state index in [0.29, 0.717) is 36.2 Å². The predicted octanol–water partition coefficient (Wildman–Crippen LogP) is 5.55. The molecule has 36 heavy (non-hydrogen) atoms. The van der Waals surface area contributed by atoms with Gasteiger partial charge >= 0.3 is 0 Å². The second-order valence-corrected chi connectivity index (χ2v) is 11.7. The largest absolute Gasteiger partial charge is 0.371 e. The molecule has 9 heteroatoms. The van der Waals surface area contributed by atoms with E-state index in [0.717, 1.165) is 31.6 Å². The molecule has 1 amide bonds. The topological polar surface area (TPSA) is 86.1 Å². The second-order valence-electron chi connectivity index (χ2n) is 11.3. The van der Waals surface area contributed by atoms with E-state index in [1.54, 1.807) is 6.07 Å². The molecule has 3 atom stereocenters. The van der Waals surface area contributed by atoms with Crippen LogP contribution in [-0.2, 0) is 24.4 Å². The maximum Gasteiger partial charge on any atom is 0.249 e. The molecule has 2 saturated heterocycles. The van der Waals surface area contributed by atoms with Gasteiger partial charge in [0.2, 0.25) is 11.8 Å². The number of benzene rings is 1. The molecule has 0 aliphatic carbocycles. The van der Waals surface area contributed by atoms with Crippen molar-refractivity contribution in [3.05, 3.63) is 41.0 Å². The monoisotopic (exact) mass is 519 g/mol. The molecule has 2 aliphatic heterocycles. The summed E-state index contributed by atoms with van der Waals surface area (Å²) in [7, 11) is 0. The Kier molecular flexibility index (Phi) is 8.29. The number of halogens is 1. The molecule has 0 spiro atoms. The number of nitrogens with one attached hydrogen (secondary N) is 1. The van der Waals surface area contributed by atoms with Crippen molar-refractivity contribution in [1.29, 1.82) is 0 Å². The van der Waals surface area contributed by atoms with Gasteiger partial charge in [-0.05, 0) is 64.3 Å². The molecule has 198 valence electrons. The van der Waals surface area contributed by atoms with Crippen molar-refractivity contribution in [3.63, 3.8) is 0 Å². The number of ether oxygens (including phenoxy) is 3. The van der Waals surface area contributed by atoms with Crippen LogP contribution < -0.4 is 10.2 Å². The van der Waals surface area contributed by atoms with E-state index in [1.807, 2.05) is 58.9 Å². The Morgan fingerprint density at radius 2 is 1.94 bits per heavy atom. The molecule has 2 aliphatic rings. The average Bonchev–Trinajstić information content (AvgIpc) is 3.46. The summed E-state index contributed by atoms with van der Waals surface area (Å²) in [5.74, 6) is 0.144. The van der Waals surface area contributed by atoms with Crippen LogP contribution >= 0.6 is 11.6 Å². The summed E-state index contributed by atoms with van der Waals surface area (Å²) in [6.45, 7) is 11.9. The predicted molar refractivity (Wildman–Crippen MR) is 140 cm³/mol. The zero-order valence-electron chi connectivity index (χ0n) is 21.9.